The monoisotopic (exact) mass is 234 g/mol. The molecular weight excluding hydrogens is 217 g/mol. The van der Waals surface area contributed by atoms with Gasteiger partial charge in [0.25, 0.3) is 0 Å². The Labute approximate surface area is 97.1 Å². The molecule has 0 aromatic rings. The molecule has 0 unspecified atom stereocenters. The molecule has 0 saturated carbocycles. The number of likely N-dealkylation sites (tertiary alicyclic amines) is 1. The second kappa shape index (κ2) is 3.71. The Bertz CT molecular complexity index is 245. The second-order valence-corrected chi connectivity index (χ2v) is 5.11. The summed E-state index contributed by atoms with van der Waals surface area (Å²) in [6.07, 6.45) is 0.627. The Hall–Kier alpha value is -0.276. The number of piperidine rings is 1. The van der Waals surface area contributed by atoms with Crippen LogP contribution in [0.4, 0.5) is 0 Å². The molecule has 1 radical (unpaired) electrons. The normalized spacial score (nSPS) is 24.5. The standard InChI is InChI=1S/C10H17NO2.V/c1-9(2)6-10(3,4)8(13)11(5)7(9)12;/h6H2,1-5H3;. The van der Waals surface area contributed by atoms with E-state index in [2.05, 4.69) is 0 Å². The van der Waals surface area contributed by atoms with Crippen molar-refractivity contribution in [3.8, 4) is 0 Å². The van der Waals surface area contributed by atoms with Gasteiger partial charge in [-0.15, -0.1) is 0 Å². The number of amides is 2. The van der Waals surface area contributed by atoms with E-state index in [4.69, 9.17) is 0 Å². The maximum absolute atomic E-state index is 11.7. The molecule has 1 heterocycles. The first-order valence-electron chi connectivity index (χ1n) is 4.51. The van der Waals surface area contributed by atoms with Gasteiger partial charge in [-0.3, -0.25) is 14.5 Å². The Morgan fingerprint density at radius 3 is 1.57 bits per heavy atom. The molecule has 1 aliphatic heterocycles. The summed E-state index contributed by atoms with van der Waals surface area (Å²) in [5.41, 5.74) is -0.821. The summed E-state index contributed by atoms with van der Waals surface area (Å²) < 4.78 is 0. The Morgan fingerprint density at radius 2 is 1.29 bits per heavy atom. The quantitative estimate of drug-likeness (QED) is 0.594. The first-order valence-corrected chi connectivity index (χ1v) is 4.51. The van der Waals surface area contributed by atoms with Crippen LogP contribution in [-0.2, 0) is 28.1 Å². The number of carbonyl (C=O) groups is 2. The van der Waals surface area contributed by atoms with E-state index in [9.17, 15) is 9.59 Å². The fourth-order valence-electron chi connectivity index (χ4n) is 2.26. The van der Waals surface area contributed by atoms with Crippen LogP contribution in [0.15, 0.2) is 0 Å². The zero-order chi connectivity index (χ0) is 10.4. The van der Waals surface area contributed by atoms with Crippen molar-refractivity contribution in [2.45, 2.75) is 34.1 Å². The van der Waals surface area contributed by atoms with Gasteiger partial charge in [-0.25, -0.2) is 0 Å². The summed E-state index contributed by atoms with van der Waals surface area (Å²) in [6, 6.07) is 0. The molecule has 3 nitrogen and oxygen atoms in total. The van der Waals surface area contributed by atoms with Crippen molar-refractivity contribution in [1.82, 2.24) is 4.90 Å². The molecule has 14 heavy (non-hydrogen) atoms. The fraction of sp³-hybridized carbons (Fsp3) is 0.800. The van der Waals surface area contributed by atoms with Crippen LogP contribution in [0.25, 0.3) is 0 Å². The van der Waals surface area contributed by atoms with Gasteiger partial charge in [-0.05, 0) is 6.42 Å². The van der Waals surface area contributed by atoms with Gasteiger partial charge in [0, 0.05) is 36.4 Å². The number of hydrogen-bond donors (Lipinski definition) is 0. The van der Waals surface area contributed by atoms with Crippen LogP contribution in [0.2, 0.25) is 0 Å². The smallest absolute Gasteiger partial charge is 0.234 e. The maximum Gasteiger partial charge on any atom is 0.234 e. The van der Waals surface area contributed by atoms with E-state index in [1.165, 1.54) is 4.90 Å². The van der Waals surface area contributed by atoms with E-state index >= 15 is 0 Å². The van der Waals surface area contributed by atoms with Crippen LogP contribution >= 0.6 is 0 Å². The summed E-state index contributed by atoms with van der Waals surface area (Å²) in [7, 11) is 1.56. The van der Waals surface area contributed by atoms with Crippen molar-refractivity contribution >= 4 is 11.8 Å². The molecule has 4 heteroatoms. The molecule has 0 aliphatic carbocycles. The third-order valence-corrected chi connectivity index (χ3v) is 2.65. The van der Waals surface area contributed by atoms with Gasteiger partial charge < -0.3 is 0 Å². The predicted molar refractivity (Wildman–Crippen MR) is 50.0 cm³/mol. The molecule has 1 rings (SSSR count). The van der Waals surface area contributed by atoms with Gasteiger partial charge in [-0.2, -0.15) is 0 Å². The number of imide groups is 1. The largest absolute Gasteiger partial charge is 0.285 e. The number of hydrogen-bond acceptors (Lipinski definition) is 2. The summed E-state index contributed by atoms with van der Waals surface area (Å²) >= 11 is 0. The summed E-state index contributed by atoms with van der Waals surface area (Å²) in [5, 5.41) is 0. The van der Waals surface area contributed by atoms with Crippen molar-refractivity contribution in [3.05, 3.63) is 0 Å². The topological polar surface area (TPSA) is 37.4 Å². The molecule has 2 amide bonds. The molecule has 0 aromatic heterocycles. The average molecular weight is 234 g/mol. The van der Waals surface area contributed by atoms with Crippen molar-refractivity contribution in [2.75, 3.05) is 7.05 Å². The zero-order valence-corrected chi connectivity index (χ0v) is 10.8. The van der Waals surface area contributed by atoms with Gasteiger partial charge in [0.1, 0.15) is 0 Å². The third kappa shape index (κ3) is 2.04. The van der Waals surface area contributed by atoms with Crippen molar-refractivity contribution in [3.63, 3.8) is 0 Å². The van der Waals surface area contributed by atoms with Gasteiger partial charge in [0.05, 0.1) is 0 Å². The summed E-state index contributed by atoms with van der Waals surface area (Å²) in [6.45, 7) is 7.56. The van der Waals surface area contributed by atoms with Gasteiger partial charge in [-0.1, -0.05) is 27.7 Å². The van der Waals surface area contributed by atoms with Crippen molar-refractivity contribution in [1.29, 1.82) is 0 Å². The van der Waals surface area contributed by atoms with Gasteiger partial charge >= 0.3 is 0 Å². The molecule has 0 atom stereocenters. The molecule has 0 N–H and O–H groups in total. The van der Waals surface area contributed by atoms with E-state index < -0.39 is 10.8 Å². The Morgan fingerprint density at radius 1 is 1.00 bits per heavy atom. The molecular formula is C10H17NO2V. The molecule has 0 aromatic carbocycles. The zero-order valence-electron chi connectivity index (χ0n) is 9.42. The number of rotatable bonds is 0. The van der Waals surface area contributed by atoms with E-state index in [0.29, 0.717) is 6.42 Å². The molecule has 1 aliphatic rings. The van der Waals surface area contributed by atoms with E-state index in [0.717, 1.165) is 0 Å². The maximum atomic E-state index is 11.7. The number of carbonyl (C=O) groups excluding carboxylic acids is 2. The third-order valence-electron chi connectivity index (χ3n) is 2.65. The van der Waals surface area contributed by atoms with Crippen LogP contribution < -0.4 is 0 Å². The summed E-state index contributed by atoms with van der Waals surface area (Å²) in [5.74, 6) is -0.145. The van der Waals surface area contributed by atoms with E-state index in [1.54, 1.807) is 7.05 Å². The minimum atomic E-state index is -0.411. The Balaban J connectivity index is 0.00000169. The van der Waals surface area contributed by atoms with Crippen molar-refractivity contribution in [2.24, 2.45) is 10.8 Å². The molecule has 79 valence electrons. The molecule has 0 bridgehead atoms. The second-order valence-electron chi connectivity index (χ2n) is 5.11. The van der Waals surface area contributed by atoms with Crippen LogP contribution in [0.3, 0.4) is 0 Å². The van der Waals surface area contributed by atoms with Gasteiger partial charge in [0.15, 0.2) is 0 Å². The average Bonchev–Trinajstić information content (AvgIpc) is 1.96. The predicted octanol–water partition coefficient (Wildman–Crippen LogP) is 1.43. The van der Waals surface area contributed by atoms with Crippen molar-refractivity contribution < 1.29 is 28.1 Å². The van der Waals surface area contributed by atoms with E-state index in [1.807, 2.05) is 27.7 Å². The van der Waals surface area contributed by atoms with Crippen LogP contribution in [0.5, 0.6) is 0 Å². The SMILES string of the molecule is CN1C(=O)C(C)(C)CC(C)(C)C1=O.[V]. The molecule has 1 saturated heterocycles. The van der Waals surface area contributed by atoms with E-state index in [-0.39, 0.29) is 30.4 Å². The fourth-order valence-corrected chi connectivity index (χ4v) is 2.26. The minimum absolute atomic E-state index is 0. The molecule has 0 spiro atoms. The molecule has 1 fully saturated rings. The first kappa shape index (κ1) is 13.7. The van der Waals surface area contributed by atoms with Gasteiger partial charge in [0.2, 0.25) is 11.8 Å². The van der Waals surface area contributed by atoms with Crippen LogP contribution in [0.1, 0.15) is 34.1 Å². The minimum Gasteiger partial charge on any atom is -0.285 e. The van der Waals surface area contributed by atoms with Crippen LogP contribution in [0, 0.1) is 10.8 Å². The first-order chi connectivity index (χ1) is 5.68. The van der Waals surface area contributed by atoms with Crippen LogP contribution in [-0.4, -0.2) is 23.8 Å². The summed E-state index contributed by atoms with van der Waals surface area (Å²) in [4.78, 5) is 24.6. The Kier molecular flexibility index (Phi) is 3.63. The number of nitrogens with zero attached hydrogens (tertiary/aromatic N) is 1.